The number of hydrogen-bond donors (Lipinski definition) is 2. The van der Waals surface area contributed by atoms with Crippen molar-refractivity contribution >= 4 is 33.7 Å². The number of benzene rings is 3. The zero-order chi connectivity index (χ0) is 21.5. The Morgan fingerprint density at radius 3 is 2.47 bits per heavy atom. The fourth-order valence-corrected chi connectivity index (χ4v) is 3.04. The maximum atomic E-state index is 11.9. The number of phenols is 1. The van der Waals surface area contributed by atoms with Crippen LogP contribution in [0, 0.1) is 10.1 Å². The van der Waals surface area contributed by atoms with Crippen LogP contribution in [0.1, 0.15) is 5.56 Å². The highest BCUT2D eigenvalue weighted by Crippen LogP contribution is 2.32. The Balaban J connectivity index is 1.55. The van der Waals surface area contributed by atoms with Crippen LogP contribution in [0.5, 0.6) is 11.5 Å². The van der Waals surface area contributed by atoms with E-state index in [0.717, 1.165) is 17.3 Å². The number of halogens is 1. The molecule has 0 spiro atoms. The third kappa shape index (κ3) is 5.42. The molecule has 8 nitrogen and oxygen atoms in total. The van der Waals surface area contributed by atoms with Gasteiger partial charge >= 0.3 is 5.69 Å². The zero-order valence-corrected chi connectivity index (χ0v) is 17.1. The van der Waals surface area contributed by atoms with Crippen LogP contribution in [-0.2, 0) is 4.79 Å². The molecule has 0 radical (unpaired) electrons. The van der Waals surface area contributed by atoms with E-state index in [9.17, 15) is 20.0 Å². The Morgan fingerprint density at radius 2 is 1.80 bits per heavy atom. The average Bonchev–Trinajstić information content (AvgIpc) is 2.75. The number of nitro groups is 1. The molecule has 152 valence electrons. The summed E-state index contributed by atoms with van der Waals surface area (Å²) in [5.74, 6) is -0.549. The van der Waals surface area contributed by atoms with Crippen molar-refractivity contribution in [2.24, 2.45) is 5.10 Å². The molecule has 9 heteroatoms. The zero-order valence-electron chi connectivity index (χ0n) is 15.5. The highest BCUT2D eigenvalue weighted by Gasteiger charge is 2.17. The maximum absolute atomic E-state index is 11.9. The molecule has 3 aromatic rings. The lowest BCUT2D eigenvalue weighted by molar-refractivity contribution is -0.385. The summed E-state index contributed by atoms with van der Waals surface area (Å²) in [4.78, 5) is 22.1. The van der Waals surface area contributed by atoms with Gasteiger partial charge in [0.15, 0.2) is 6.61 Å². The van der Waals surface area contributed by atoms with E-state index in [4.69, 9.17) is 4.74 Å². The Morgan fingerprint density at radius 1 is 1.13 bits per heavy atom. The number of nitrogens with zero attached hydrogens (tertiary/aromatic N) is 2. The van der Waals surface area contributed by atoms with E-state index in [-0.39, 0.29) is 12.2 Å². The molecule has 2 N–H and O–H groups in total. The minimum absolute atomic E-state index is 0.0776. The number of rotatable bonds is 7. The molecule has 0 aliphatic rings. The van der Waals surface area contributed by atoms with Gasteiger partial charge in [0.25, 0.3) is 5.91 Å². The van der Waals surface area contributed by atoms with Crippen molar-refractivity contribution in [1.82, 2.24) is 5.43 Å². The molecule has 0 aliphatic carbocycles. The summed E-state index contributed by atoms with van der Waals surface area (Å²) in [5.41, 5.74) is 3.95. The van der Waals surface area contributed by atoms with Gasteiger partial charge in [-0.15, -0.1) is 0 Å². The van der Waals surface area contributed by atoms with E-state index < -0.39 is 22.3 Å². The Kier molecular flexibility index (Phi) is 6.76. The molecule has 0 saturated heterocycles. The van der Waals surface area contributed by atoms with Gasteiger partial charge in [-0.25, -0.2) is 5.43 Å². The number of hydrogen-bond acceptors (Lipinski definition) is 6. The van der Waals surface area contributed by atoms with Gasteiger partial charge in [-0.1, -0.05) is 58.4 Å². The van der Waals surface area contributed by atoms with Gasteiger partial charge in [0.05, 0.1) is 11.1 Å². The highest BCUT2D eigenvalue weighted by molar-refractivity contribution is 9.10. The monoisotopic (exact) mass is 469 g/mol. The fraction of sp³-hybridized carbons (Fsp3) is 0.0476. The van der Waals surface area contributed by atoms with E-state index in [1.807, 2.05) is 42.5 Å². The van der Waals surface area contributed by atoms with Gasteiger partial charge in [-0.2, -0.15) is 5.10 Å². The van der Waals surface area contributed by atoms with Crippen molar-refractivity contribution in [2.75, 3.05) is 6.61 Å². The summed E-state index contributed by atoms with van der Waals surface area (Å²) in [6.45, 7) is -0.271. The van der Waals surface area contributed by atoms with E-state index in [2.05, 4.69) is 26.5 Å². The molecular weight excluding hydrogens is 454 g/mol. The number of hydrazone groups is 1. The molecule has 0 fully saturated rings. The second kappa shape index (κ2) is 9.66. The maximum Gasteiger partial charge on any atom is 0.312 e. The third-order valence-electron chi connectivity index (χ3n) is 4.01. The first kappa shape index (κ1) is 21.0. The molecule has 3 rings (SSSR count). The number of amides is 1. The molecule has 0 bridgehead atoms. The van der Waals surface area contributed by atoms with Gasteiger partial charge < -0.3 is 9.84 Å². The Hall–Kier alpha value is -3.72. The lowest BCUT2D eigenvalue weighted by atomic mass is 10.1. The van der Waals surface area contributed by atoms with Crippen LogP contribution in [0.3, 0.4) is 0 Å². The quantitative estimate of drug-likeness (QED) is 0.304. The van der Waals surface area contributed by atoms with E-state index in [1.165, 1.54) is 12.1 Å². The normalized spacial score (nSPS) is 10.7. The van der Waals surface area contributed by atoms with Gasteiger partial charge in [-0.3, -0.25) is 14.9 Å². The first-order chi connectivity index (χ1) is 14.4. The SMILES string of the molecule is O=C(COc1ccc(-c2ccccc2)cc1)N/N=C/c1cc(Br)cc([N+](=O)[O-])c1O. The lowest BCUT2D eigenvalue weighted by Gasteiger charge is -2.07. The first-order valence-electron chi connectivity index (χ1n) is 8.71. The lowest BCUT2D eigenvalue weighted by Crippen LogP contribution is -2.24. The number of nitro benzene ring substituents is 1. The minimum atomic E-state index is -0.715. The summed E-state index contributed by atoms with van der Waals surface area (Å²) in [5, 5.41) is 24.5. The number of carbonyl (C=O) groups is 1. The topological polar surface area (TPSA) is 114 Å². The molecule has 0 saturated carbocycles. The summed E-state index contributed by atoms with van der Waals surface area (Å²) in [7, 11) is 0. The van der Waals surface area contributed by atoms with Crippen LogP contribution >= 0.6 is 15.9 Å². The molecule has 1 amide bonds. The van der Waals surface area contributed by atoms with Crippen molar-refractivity contribution in [1.29, 1.82) is 0 Å². The number of aromatic hydroxyl groups is 1. The first-order valence-corrected chi connectivity index (χ1v) is 9.50. The summed E-state index contributed by atoms with van der Waals surface area (Å²) in [6.07, 6.45) is 1.11. The van der Waals surface area contributed by atoms with Crippen LogP contribution in [0.2, 0.25) is 0 Å². The molecule has 0 heterocycles. The van der Waals surface area contributed by atoms with Gasteiger partial charge in [0, 0.05) is 16.1 Å². The number of nitrogens with one attached hydrogen (secondary N) is 1. The Bertz CT molecular complexity index is 1090. The number of carbonyl (C=O) groups excluding carboxylic acids is 1. The molecule has 30 heavy (non-hydrogen) atoms. The largest absolute Gasteiger partial charge is 0.502 e. The second-order valence-electron chi connectivity index (χ2n) is 6.09. The van der Waals surface area contributed by atoms with E-state index in [0.29, 0.717) is 10.2 Å². The smallest absolute Gasteiger partial charge is 0.312 e. The van der Waals surface area contributed by atoms with Gasteiger partial charge in [0.2, 0.25) is 5.75 Å². The molecule has 0 aromatic heterocycles. The van der Waals surface area contributed by atoms with Crippen molar-refractivity contribution in [3.8, 4) is 22.6 Å². The predicted octanol–water partition coefficient (Wildman–Crippen LogP) is 4.26. The molecule has 3 aromatic carbocycles. The Labute approximate surface area is 180 Å². The molecule has 0 unspecified atom stereocenters. The molecular formula is C21H16BrN3O5. The summed E-state index contributed by atoms with van der Waals surface area (Å²) in [6, 6.07) is 19.8. The summed E-state index contributed by atoms with van der Waals surface area (Å²) >= 11 is 3.12. The number of ether oxygens (including phenoxy) is 1. The average molecular weight is 470 g/mol. The van der Waals surface area contributed by atoms with Crippen molar-refractivity contribution in [3.63, 3.8) is 0 Å². The van der Waals surface area contributed by atoms with E-state index >= 15 is 0 Å². The predicted molar refractivity (Wildman–Crippen MR) is 116 cm³/mol. The fourth-order valence-electron chi connectivity index (χ4n) is 2.57. The van der Waals surface area contributed by atoms with Crippen molar-refractivity contribution < 1.29 is 19.6 Å². The second-order valence-corrected chi connectivity index (χ2v) is 7.01. The van der Waals surface area contributed by atoms with Crippen LogP contribution in [-0.4, -0.2) is 28.8 Å². The van der Waals surface area contributed by atoms with Crippen LogP contribution < -0.4 is 10.2 Å². The van der Waals surface area contributed by atoms with Gasteiger partial charge in [0.1, 0.15) is 5.75 Å². The van der Waals surface area contributed by atoms with Crippen molar-refractivity contribution in [2.45, 2.75) is 0 Å². The van der Waals surface area contributed by atoms with Crippen LogP contribution in [0.25, 0.3) is 11.1 Å². The van der Waals surface area contributed by atoms with E-state index in [1.54, 1.807) is 12.1 Å². The summed E-state index contributed by atoms with van der Waals surface area (Å²) < 4.78 is 5.81. The number of phenolic OH excluding ortho intramolecular Hbond substituents is 1. The third-order valence-corrected chi connectivity index (χ3v) is 4.46. The van der Waals surface area contributed by atoms with Crippen molar-refractivity contribution in [3.05, 3.63) is 86.9 Å². The standard InChI is InChI=1S/C21H16BrN3O5/c22-17-10-16(21(27)19(11-17)25(28)29)12-23-24-20(26)13-30-18-8-6-15(7-9-18)14-4-2-1-3-5-14/h1-12,27H,13H2,(H,24,26)/b23-12+. The minimum Gasteiger partial charge on any atom is -0.502 e. The van der Waals surface area contributed by atoms with Crippen LogP contribution in [0.4, 0.5) is 5.69 Å². The van der Waals surface area contributed by atoms with Crippen LogP contribution in [0.15, 0.2) is 76.3 Å². The molecule has 0 aliphatic heterocycles. The van der Waals surface area contributed by atoms with Gasteiger partial charge in [-0.05, 0) is 29.3 Å². The molecule has 0 atom stereocenters. The highest BCUT2D eigenvalue weighted by atomic mass is 79.9.